The fourth-order valence-corrected chi connectivity index (χ4v) is 4.56. The standard InChI is InChI=1S/C26H24F3N5O2/c1-2-36-23-20(4-3-11-32-23)21-7-5-19(16-33-21)25(24(31)35)9-12-34(13-10-25)22-8-6-18(26(27,28)29)14-17(22)15-30/h3-8,11,14,16H,2,9-10,12-13H2,1H3,(H2,31,35). The van der Waals surface area contributed by atoms with Crippen LogP contribution in [0.5, 0.6) is 5.88 Å². The van der Waals surface area contributed by atoms with Crippen LogP contribution in [-0.2, 0) is 16.4 Å². The molecule has 2 aromatic heterocycles. The molecule has 0 spiro atoms. The third-order valence-electron chi connectivity index (χ3n) is 6.52. The summed E-state index contributed by atoms with van der Waals surface area (Å²) < 4.78 is 44.8. The van der Waals surface area contributed by atoms with Crippen molar-refractivity contribution in [2.45, 2.75) is 31.4 Å². The van der Waals surface area contributed by atoms with Gasteiger partial charge in [-0.3, -0.25) is 9.78 Å². The van der Waals surface area contributed by atoms with E-state index in [0.717, 1.165) is 17.7 Å². The summed E-state index contributed by atoms with van der Waals surface area (Å²) in [6.07, 6.45) is -0.630. The van der Waals surface area contributed by atoms with Crippen LogP contribution in [-0.4, -0.2) is 35.6 Å². The summed E-state index contributed by atoms with van der Waals surface area (Å²) in [7, 11) is 0. The van der Waals surface area contributed by atoms with E-state index in [1.807, 2.05) is 30.0 Å². The number of alkyl halides is 3. The number of rotatable bonds is 6. The molecule has 1 aromatic carbocycles. The van der Waals surface area contributed by atoms with E-state index in [4.69, 9.17) is 10.5 Å². The Labute approximate surface area is 206 Å². The lowest BCUT2D eigenvalue weighted by Crippen LogP contribution is -2.50. The van der Waals surface area contributed by atoms with Crippen LogP contribution in [0, 0.1) is 11.3 Å². The largest absolute Gasteiger partial charge is 0.477 e. The van der Waals surface area contributed by atoms with Gasteiger partial charge in [0.2, 0.25) is 11.8 Å². The Kier molecular flexibility index (Phi) is 6.84. The number of halogens is 3. The number of pyridine rings is 2. The van der Waals surface area contributed by atoms with Crippen LogP contribution in [0.3, 0.4) is 0 Å². The first-order valence-electron chi connectivity index (χ1n) is 11.4. The molecule has 1 saturated heterocycles. The molecule has 186 valence electrons. The zero-order chi connectivity index (χ0) is 25.9. The van der Waals surface area contributed by atoms with Gasteiger partial charge < -0.3 is 15.4 Å². The molecule has 3 heterocycles. The van der Waals surface area contributed by atoms with E-state index in [1.165, 1.54) is 6.07 Å². The molecule has 0 unspecified atom stereocenters. The van der Waals surface area contributed by atoms with E-state index in [1.54, 1.807) is 24.5 Å². The summed E-state index contributed by atoms with van der Waals surface area (Å²) in [4.78, 5) is 23.3. The van der Waals surface area contributed by atoms with Crippen molar-refractivity contribution in [1.29, 1.82) is 5.26 Å². The maximum absolute atomic E-state index is 13.1. The molecule has 1 aliphatic heterocycles. The van der Waals surface area contributed by atoms with E-state index < -0.39 is 23.1 Å². The molecule has 0 atom stereocenters. The lowest BCUT2D eigenvalue weighted by atomic mass is 9.72. The summed E-state index contributed by atoms with van der Waals surface area (Å²) in [5, 5.41) is 9.44. The molecule has 4 rings (SSSR count). The Morgan fingerprint density at radius 2 is 1.94 bits per heavy atom. The van der Waals surface area contributed by atoms with Crippen LogP contribution in [0.2, 0.25) is 0 Å². The Morgan fingerprint density at radius 3 is 2.53 bits per heavy atom. The van der Waals surface area contributed by atoms with Gasteiger partial charge in [0.25, 0.3) is 0 Å². The van der Waals surface area contributed by atoms with Gasteiger partial charge in [0.1, 0.15) is 6.07 Å². The van der Waals surface area contributed by atoms with Crippen molar-refractivity contribution in [3.63, 3.8) is 0 Å². The Morgan fingerprint density at radius 1 is 1.19 bits per heavy atom. The number of ether oxygens (including phenoxy) is 1. The average Bonchev–Trinajstić information content (AvgIpc) is 2.88. The number of carbonyl (C=O) groups excluding carboxylic acids is 1. The smallest absolute Gasteiger partial charge is 0.416 e. The van der Waals surface area contributed by atoms with Gasteiger partial charge in [0, 0.05) is 25.5 Å². The molecule has 10 heteroatoms. The van der Waals surface area contributed by atoms with Crippen molar-refractivity contribution in [3.05, 3.63) is 71.5 Å². The summed E-state index contributed by atoms with van der Waals surface area (Å²) >= 11 is 0. The number of aromatic nitrogens is 2. The molecule has 1 aliphatic rings. The molecule has 1 amide bonds. The first kappa shape index (κ1) is 25.0. The zero-order valence-electron chi connectivity index (χ0n) is 19.5. The lowest BCUT2D eigenvalue weighted by molar-refractivity contribution is -0.137. The summed E-state index contributed by atoms with van der Waals surface area (Å²) in [6, 6.07) is 12.2. The van der Waals surface area contributed by atoms with Gasteiger partial charge in [-0.2, -0.15) is 18.4 Å². The minimum absolute atomic E-state index is 0.0657. The van der Waals surface area contributed by atoms with Crippen LogP contribution in [0.4, 0.5) is 18.9 Å². The number of nitrogens with two attached hydrogens (primary N) is 1. The Balaban J connectivity index is 1.58. The van der Waals surface area contributed by atoms with Crippen LogP contribution in [0.15, 0.2) is 54.9 Å². The van der Waals surface area contributed by atoms with Gasteiger partial charge >= 0.3 is 6.18 Å². The van der Waals surface area contributed by atoms with Gasteiger partial charge in [-0.25, -0.2) is 4.98 Å². The highest BCUT2D eigenvalue weighted by molar-refractivity contribution is 5.87. The quantitative estimate of drug-likeness (QED) is 0.542. The second-order valence-electron chi connectivity index (χ2n) is 8.50. The molecule has 2 N–H and O–H groups in total. The summed E-state index contributed by atoms with van der Waals surface area (Å²) in [5.41, 5.74) is 6.35. The van der Waals surface area contributed by atoms with Gasteiger partial charge in [-0.1, -0.05) is 6.07 Å². The monoisotopic (exact) mass is 495 g/mol. The minimum atomic E-state index is -4.54. The van der Waals surface area contributed by atoms with Crippen molar-refractivity contribution in [3.8, 4) is 23.2 Å². The maximum atomic E-state index is 13.1. The van der Waals surface area contributed by atoms with Crippen molar-refractivity contribution in [2.75, 3.05) is 24.6 Å². The zero-order valence-corrected chi connectivity index (χ0v) is 19.5. The maximum Gasteiger partial charge on any atom is 0.416 e. The second kappa shape index (κ2) is 9.85. The number of nitriles is 1. The number of carbonyl (C=O) groups is 1. The number of benzene rings is 1. The fraction of sp³-hybridized carbons (Fsp3) is 0.308. The first-order valence-corrected chi connectivity index (χ1v) is 11.4. The first-order chi connectivity index (χ1) is 17.2. The summed E-state index contributed by atoms with van der Waals surface area (Å²) in [5.74, 6) is -0.0379. The van der Waals surface area contributed by atoms with Crippen LogP contribution in [0.1, 0.15) is 36.5 Å². The number of hydrogen-bond acceptors (Lipinski definition) is 6. The van der Waals surface area contributed by atoms with E-state index in [9.17, 15) is 23.2 Å². The molecule has 7 nitrogen and oxygen atoms in total. The molecular formula is C26H24F3N5O2. The van der Waals surface area contributed by atoms with Gasteiger partial charge in [-0.05, 0) is 61.7 Å². The second-order valence-corrected chi connectivity index (χ2v) is 8.50. The Hall–Kier alpha value is -4.13. The van der Waals surface area contributed by atoms with E-state index in [0.29, 0.717) is 55.4 Å². The average molecular weight is 496 g/mol. The third-order valence-corrected chi connectivity index (χ3v) is 6.52. The lowest BCUT2D eigenvalue weighted by Gasteiger charge is -2.41. The van der Waals surface area contributed by atoms with E-state index >= 15 is 0 Å². The van der Waals surface area contributed by atoms with Gasteiger partial charge in [0.15, 0.2) is 0 Å². The fourth-order valence-electron chi connectivity index (χ4n) is 4.56. The van der Waals surface area contributed by atoms with Gasteiger partial charge in [0.05, 0.1) is 40.1 Å². The van der Waals surface area contributed by atoms with E-state index in [-0.39, 0.29) is 5.56 Å². The topological polar surface area (TPSA) is 105 Å². The molecule has 0 aliphatic carbocycles. The Bertz CT molecular complexity index is 1290. The highest BCUT2D eigenvalue weighted by atomic mass is 19.4. The molecule has 0 bridgehead atoms. The highest BCUT2D eigenvalue weighted by Crippen LogP contribution is 2.39. The van der Waals surface area contributed by atoms with E-state index in [2.05, 4.69) is 9.97 Å². The van der Waals surface area contributed by atoms with Crippen molar-refractivity contribution in [1.82, 2.24) is 9.97 Å². The van der Waals surface area contributed by atoms with Crippen molar-refractivity contribution < 1.29 is 22.7 Å². The normalized spacial score (nSPS) is 15.2. The number of amides is 1. The van der Waals surface area contributed by atoms with Crippen LogP contribution >= 0.6 is 0 Å². The molecule has 3 aromatic rings. The van der Waals surface area contributed by atoms with Gasteiger partial charge in [-0.15, -0.1) is 0 Å². The number of piperidine rings is 1. The highest BCUT2D eigenvalue weighted by Gasteiger charge is 2.42. The molecular weight excluding hydrogens is 471 g/mol. The van der Waals surface area contributed by atoms with Crippen molar-refractivity contribution >= 4 is 11.6 Å². The molecule has 0 radical (unpaired) electrons. The number of hydrogen-bond donors (Lipinski definition) is 1. The van der Waals surface area contributed by atoms with Crippen LogP contribution < -0.4 is 15.4 Å². The number of anilines is 1. The molecule has 0 saturated carbocycles. The predicted octanol–water partition coefficient (Wildman–Crippen LogP) is 4.46. The molecule has 36 heavy (non-hydrogen) atoms. The minimum Gasteiger partial charge on any atom is -0.477 e. The number of primary amides is 1. The van der Waals surface area contributed by atoms with Crippen molar-refractivity contribution in [2.24, 2.45) is 5.73 Å². The third kappa shape index (κ3) is 4.69. The summed E-state index contributed by atoms with van der Waals surface area (Å²) in [6.45, 7) is 2.99. The SMILES string of the molecule is CCOc1ncccc1-c1ccc(C2(C(N)=O)CCN(c3ccc(C(F)(F)F)cc3C#N)CC2)cn1. The number of nitrogens with zero attached hydrogens (tertiary/aromatic N) is 4. The molecule has 1 fully saturated rings. The predicted molar refractivity (Wildman–Crippen MR) is 127 cm³/mol. The van der Waals surface area contributed by atoms with Crippen LogP contribution in [0.25, 0.3) is 11.3 Å².